The summed E-state index contributed by atoms with van der Waals surface area (Å²) in [4.78, 5) is 0. The lowest BCUT2D eigenvalue weighted by molar-refractivity contribution is 0.0462. The van der Waals surface area contributed by atoms with Gasteiger partial charge in [-0.15, -0.1) is 0 Å². The minimum Gasteiger partial charge on any atom is -0.378 e. The van der Waals surface area contributed by atoms with Gasteiger partial charge >= 0.3 is 0 Å². The highest BCUT2D eigenvalue weighted by Crippen LogP contribution is 2.48. The van der Waals surface area contributed by atoms with Crippen LogP contribution in [0.15, 0.2) is 0 Å². The van der Waals surface area contributed by atoms with Crippen LogP contribution in [-0.4, -0.2) is 12.7 Å². The highest BCUT2D eigenvalue weighted by atomic mass is 16.5. The van der Waals surface area contributed by atoms with E-state index in [4.69, 9.17) is 4.74 Å². The second kappa shape index (κ2) is 4.68. The molecular weight excluding hydrogens is 196 g/mol. The van der Waals surface area contributed by atoms with Gasteiger partial charge in [0.2, 0.25) is 0 Å². The predicted octanol–water partition coefficient (Wildman–Crippen LogP) is 4.51. The summed E-state index contributed by atoms with van der Waals surface area (Å²) >= 11 is 0. The maximum Gasteiger partial charge on any atom is 0.0612 e. The minimum atomic E-state index is 0.355. The Morgan fingerprint density at radius 1 is 1.00 bits per heavy atom. The van der Waals surface area contributed by atoms with E-state index in [1.54, 1.807) is 0 Å². The van der Waals surface area contributed by atoms with Crippen molar-refractivity contribution in [1.82, 2.24) is 0 Å². The van der Waals surface area contributed by atoms with Crippen LogP contribution in [0.5, 0.6) is 0 Å². The van der Waals surface area contributed by atoms with Gasteiger partial charge in [-0.1, -0.05) is 54.9 Å². The molecule has 0 aromatic heterocycles. The molecule has 0 aliphatic carbocycles. The van der Waals surface area contributed by atoms with Gasteiger partial charge in [0.25, 0.3) is 0 Å². The van der Waals surface area contributed by atoms with Crippen LogP contribution in [0.2, 0.25) is 0 Å². The van der Waals surface area contributed by atoms with Crippen molar-refractivity contribution in [2.75, 3.05) is 6.61 Å². The third kappa shape index (κ3) is 3.00. The third-order valence-electron chi connectivity index (χ3n) is 4.01. The van der Waals surface area contributed by atoms with E-state index in [9.17, 15) is 0 Å². The van der Waals surface area contributed by atoms with Crippen molar-refractivity contribution in [3.63, 3.8) is 0 Å². The molecule has 1 heteroatoms. The molecule has 1 saturated heterocycles. The molecule has 1 aliphatic rings. The first-order chi connectivity index (χ1) is 7.18. The lowest BCUT2D eigenvalue weighted by Crippen LogP contribution is -2.38. The van der Waals surface area contributed by atoms with E-state index < -0.39 is 0 Å². The number of hydrogen-bond acceptors (Lipinski definition) is 1. The van der Waals surface area contributed by atoms with E-state index in [0.29, 0.717) is 28.8 Å². The Labute approximate surface area is 102 Å². The maximum atomic E-state index is 6.07. The van der Waals surface area contributed by atoms with E-state index in [2.05, 4.69) is 48.5 Å². The minimum absolute atomic E-state index is 0.355. The molecule has 0 bridgehead atoms. The van der Waals surface area contributed by atoms with E-state index in [-0.39, 0.29) is 0 Å². The third-order valence-corrected chi connectivity index (χ3v) is 4.01. The zero-order valence-electron chi connectivity index (χ0n) is 12.3. The zero-order valence-corrected chi connectivity index (χ0v) is 12.3. The van der Waals surface area contributed by atoms with Crippen LogP contribution in [-0.2, 0) is 4.74 Å². The Morgan fingerprint density at radius 2 is 1.56 bits per heavy atom. The lowest BCUT2D eigenvalue weighted by atomic mass is 9.63. The highest BCUT2D eigenvalue weighted by molar-refractivity contribution is 4.95. The molecule has 1 fully saturated rings. The van der Waals surface area contributed by atoms with Gasteiger partial charge in [0.05, 0.1) is 12.7 Å². The van der Waals surface area contributed by atoms with Crippen LogP contribution < -0.4 is 0 Å². The molecular formula is C15H30O. The Kier molecular flexibility index (Phi) is 4.10. The average molecular weight is 226 g/mol. The van der Waals surface area contributed by atoms with Gasteiger partial charge in [0.1, 0.15) is 0 Å². The maximum absolute atomic E-state index is 6.07. The monoisotopic (exact) mass is 226 g/mol. The summed E-state index contributed by atoms with van der Waals surface area (Å²) < 4.78 is 6.07. The molecule has 1 unspecified atom stereocenters. The predicted molar refractivity (Wildman–Crippen MR) is 70.5 cm³/mol. The normalized spacial score (nSPS) is 32.1. The average Bonchev–Trinajstić information content (AvgIpc) is 2.46. The fraction of sp³-hybridized carbons (Fsp3) is 1.00. The summed E-state index contributed by atoms with van der Waals surface area (Å²) in [5.74, 6) is 1.40. The summed E-state index contributed by atoms with van der Waals surface area (Å²) in [7, 11) is 0. The van der Waals surface area contributed by atoms with Gasteiger partial charge < -0.3 is 4.74 Å². The molecule has 0 amide bonds. The quantitative estimate of drug-likeness (QED) is 0.673. The van der Waals surface area contributed by atoms with Crippen molar-refractivity contribution in [3.05, 3.63) is 0 Å². The molecule has 1 heterocycles. The van der Waals surface area contributed by atoms with Crippen molar-refractivity contribution < 1.29 is 4.74 Å². The molecule has 0 N–H and O–H groups in total. The van der Waals surface area contributed by atoms with Crippen LogP contribution >= 0.6 is 0 Å². The van der Waals surface area contributed by atoms with Crippen LogP contribution in [0.4, 0.5) is 0 Å². The Bertz CT molecular complexity index is 219. The van der Waals surface area contributed by atoms with Gasteiger partial charge in [-0.05, 0) is 29.1 Å². The van der Waals surface area contributed by atoms with Crippen LogP contribution in [0.1, 0.15) is 61.3 Å². The van der Waals surface area contributed by atoms with Crippen molar-refractivity contribution in [3.8, 4) is 0 Å². The van der Waals surface area contributed by atoms with Gasteiger partial charge in [0, 0.05) is 0 Å². The van der Waals surface area contributed by atoms with Crippen molar-refractivity contribution in [1.29, 1.82) is 0 Å². The van der Waals surface area contributed by atoms with E-state index in [1.807, 2.05) is 0 Å². The molecule has 0 radical (unpaired) electrons. The van der Waals surface area contributed by atoms with Crippen LogP contribution in [0.3, 0.4) is 0 Å². The number of hydrogen-bond donors (Lipinski definition) is 0. The first kappa shape index (κ1) is 14.0. The Morgan fingerprint density at radius 3 is 1.94 bits per heavy atom. The number of ether oxygens (including phenoxy) is 1. The molecule has 1 nitrogen and oxygen atoms in total. The van der Waals surface area contributed by atoms with Crippen molar-refractivity contribution in [2.45, 2.75) is 67.4 Å². The molecule has 96 valence electrons. The summed E-state index contributed by atoms with van der Waals surface area (Å²) in [6.07, 6.45) is 2.93. The first-order valence-corrected chi connectivity index (χ1v) is 6.79. The van der Waals surface area contributed by atoms with Gasteiger partial charge in [-0.25, -0.2) is 0 Å². The van der Waals surface area contributed by atoms with Crippen molar-refractivity contribution in [2.24, 2.45) is 22.7 Å². The molecule has 0 saturated carbocycles. The van der Waals surface area contributed by atoms with E-state index >= 15 is 0 Å². The fourth-order valence-electron chi connectivity index (χ4n) is 3.19. The first-order valence-electron chi connectivity index (χ1n) is 6.79. The largest absolute Gasteiger partial charge is 0.378 e. The Balaban J connectivity index is 2.89. The summed E-state index contributed by atoms with van der Waals surface area (Å²) in [5, 5.41) is 0. The highest BCUT2D eigenvalue weighted by Gasteiger charge is 2.47. The Hall–Kier alpha value is -0.0400. The zero-order chi connectivity index (χ0) is 12.6. The number of rotatable bonds is 2. The molecule has 0 aromatic carbocycles. The molecule has 0 aromatic rings. The van der Waals surface area contributed by atoms with Gasteiger partial charge in [-0.3, -0.25) is 0 Å². The summed E-state index contributed by atoms with van der Waals surface area (Å²) in [5.41, 5.74) is 0.717. The summed E-state index contributed by atoms with van der Waals surface area (Å²) in [6.45, 7) is 17.4. The SMILES string of the molecule is CCCC1OC[C@H](C(C)(C)C)[C@@H]1C(C)(C)C. The topological polar surface area (TPSA) is 9.23 Å². The van der Waals surface area contributed by atoms with E-state index in [0.717, 1.165) is 6.61 Å². The standard InChI is InChI=1S/C15H30O/c1-8-9-12-13(15(5,6)7)11(10-16-12)14(2,3)4/h11-13H,8-10H2,1-7H3/t11-,12?,13-/m0/s1. The van der Waals surface area contributed by atoms with E-state index in [1.165, 1.54) is 12.8 Å². The van der Waals surface area contributed by atoms with Gasteiger partial charge in [-0.2, -0.15) is 0 Å². The molecule has 3 atom stereocenters. The smallest absolute Gasteiger partial charge is 0.0612 e. The second-order valence-corrected chi connectivity index (χ2v) is 7.52. The molecule has 1 aliphatic heterocycles. The summed E-state index contributed by atoms with van der Waals surface area (Å²) in [6, 6.07) is 0. The second-order valence-electron chi connectivity index (χ2n) is 7.52. The fourth-order valence-corrected chi connectivity index (χ4v) is 3.19. The molecule has 1 rings (SSSR count). The molecule has 0 spiro atoms. The van der Waals surface area contributed by atoms with Crippen LogP contribution in [0.25, 0.3) is 0 Å². The molecule has 16 heavy (non-hydrogen) atoms. The lowest BCUT2D eigenvalue weighted by Gasteiger charge is -2.40. The van der Waals surface area contributed by atoms with Gasteiger partial charge in [0.15, 0.2) is 0 Å². The van der Waals surface area contributed by atoms with Crippen molar-refractivity contribution >= 4 is 0 Å². The van der Waals surface area contributed by atoms with Crippen LogP contribution in [0, 0.1) is 22.7 Å².